The van der Waals surface area contributed by atoms with E-state index >= 15 is 0 Å². The van der Waals surface area contributed by atoms with Crippen molar-refractivity contribution in [3.63, 3.8) is 0 Å². The van der Waals surface area contributed by atoms with Gasteiger partial charge < -0.3 is 9.53 Å². The van der Waals surface area contributed by atoms with Gasteiger partial charge in [0, 0.05) is 0 Å². The lowest BCUT2D eigenvalue weighted by molar-refractivity contribution is -0.155. The van der Waals surface area contributed by atoms with Crippen LogP contribution in [0.2, 0.25) is 0 Å². The quantitative estimate of drug-likeness (QED) is 0.729. The van der Waals surface area contributed by atoms with Gasteiger partial charge in [0.15, 0.2) is 0 Å². The second-order valence-electron chi connectivity index (χ2n) is 2.93. The molecule has 1 aromatic rings. The summed E-state index contributed by atoms with van der Waals surface area (Å²) in [6.45, 7) is 0. The van der Waals surface area contributed by atoms with Crippen molar-refractivity contribution in [3.8, 4) is 5.75 Å². The third-order valence-electron chi connectivity index (χ3n) is 1.96. The summed E-state index contributed by atoms with van der Waals surface area (Å²) in [5.41, 5.74) is -0.0849. The molecular weight excluding hydrogens is 209 g/mol. The number of ether oxygens (including phenoxy) is 1. The molecule has 0 N–H and O–H groups in total. The average Bonchev–Trinajstić information content (AvgIpc) is 2.18. The number of rotatable bonds is 3. The molecule has 0 saturated carbocycles. The minimum absolute atomic E-state index is 0.0849. The predicted molar refractivity (Wildman–Crippen MR) is 47.9 cm³/mol. The zero-order chi connectivity index (χ0) is 11.5. The predicted octanol–water partition coefficient (Wildman–Crippen LogP) is 2.54. The fraction of sp³-hybridized carbons (Fsp3) is 0.300. The minimum Gasteiger partial charge on any atom is -0.497 e. The van der Waals surface area contributed by atoms with Crippen molar-refractivity contribution in [2.24, 2.45) is 0 Å². The van der Waals surface area contributed by atoms with E-state index < -0.39 is 12.1 Å². The molecule has 0 aliphatic rings. The molecule has 5 heteroatoms. The Kier molecular flexibility index (Phi) is 3.34. The number of methoxy groups -OCH3 is 1. The van der Waals surface area contributed by atoms with Crippen molar-refractivity contribution in [1.82, 2.24) is 0 Å². The van der Waals surface area contributed by atoms with Crippen LogP contribution in [0.5, 0.6) is 5.75 Å². The lowest BCUT2D eigenvalue weighted by Crippen LogP contribution is -2.21. The van der Waals surface area contributed by atoms with E-state index in [4.69, 9.17) is 4.74 Å². The third-order valence-corrected chi connectivity index (χ3v) is 1.96. The van der Waals surface area contributed by atoms with Gasteiger partial charge in [-0.15, -0.1) is 0 Å². The van der Waals surface area contributed by atoms with Gasteiger partial charge in [-0.05, 0) is 17.7 Å². The van der Waals surface area contributed by atoms with Crippen LogP contribution in [0, 0.1) is 0 Å². The first-order chi connectivity index (χ1) is 6.99. The Morgan fingerprint density at radius 1 is 1.27 bits per heavy atom. The number of hydrogen-bond acceptors (Lipinski definition) is 2. The van der Waals surface area contributed by atoms with Crippen molar-refractivity contribution < 1.29 is 22.7 Å². The second-order valence-corrected chi connectivity index (χ2v) is 2.93. The molecule has 82 valence electrons. The molecule has 0 amide bonds. The smallest absolute Gasteiger partial charge is 0.402 e. The molecule has 0 aliphatic carbocycles. The standard InChI is InChI=1S/C10H9F3O2/c1-15-8-4-2-7(3-5-8)9(6-14)10(11,12)13/h2-6,9H,1H3/t9-/m1/s1. The summed E-state index contributed by atoms with van der Waals surface area (Å²) in [5, 5.41) is 0. The van der Waals surface area contributed by atoms with Gasteiger partial charge in [0.1, 0.15) is 18.0 Å². The van der Waals surface area contributed by atoms with Crippen LogP contribution in [0.25, 0.3) is 0 Å². The zero-order valence-corrected chi connectivity index (χ0v) is 7.91. The topological polar surface area (TPSA) is 26.3 Å². The minimum atomic E-state index is -4.55. The molecule has 1 atom stereocenters. The number of carbonyl (C=O) groups excluding carboxylic acids is 1. The third kappa shape index (κ3) is 2.71. The Bertz CT molecular complexity index is 330. The summed E-state index contributed by atoms with van der Waals surface area (Å²) >= 11 is 0. The van der Waals surface area contributed by atoms with Crippen LogP contribution in [0.1, 0.15) is 11.5 Å². The van der Waals surface area contributed by atoms with E-state index in [0.29, 0.717) is 5.75 Å². The van der Waals surface area contributed by atoms with Gasteiger partial charge in [-0.2, -0.15) is 13.2 Å². The summed E-state index contributed by atoms with van der Waals surface area (Å²) in [6.07, 6.45) is -4.65. The van der Waals surface area contributed by atoms with Crippen LogP contribution < -0.4 is 4.74 Å². The average molecular weight is 218 g/mol. The molecule has 0 aromatic heterocycles. The maximum Gasteiger partial charge on any atom is 0.402 e. The summed E-state index contributed by atoms with van der Waals surface area (Å²) in [7, 11) is 1.41. The lowest BCUT2D eigenvalue weighted by atomic mass is 10.0. The molecule has 1 rings (SSSR count). The summed E-state index contributed by atoms with van der Waals surface area (Å²) in [6, 6.07) is 5.23. The van der Waals surface area contributed by atoms with E-state index in [1.54, 1.807) is 0 Å². The first-order valence-electron chi connectivity index (χ1n) is 4.15. The summed E-state index contributed by atoms with van der Waals surface area (Å²) < 4.78 is 41.8. The Morgan fingerprint density at radius 3 is 2.13 bits per heavy atom. The van der Waals surface area contributed by atoms with Crippen LogP contribution in [0.4, 0.5) is 13.2 Å². The van der Waals surface area contributed by atoms with Gasteiger partial charge >= 0.3 is 6.18 Å². The van der Waals surface area contributed by atoms with Gasteiger partial charge in [-0.1, -0.05) is 12.1 Å². The van der Waals surface area contributed by atoms with Crippen LogP contribution >= 0.6 is 0 Å². The van der Waals surface area contributed by atoms with Gasteiger partial charge in [-0.3, -0.25) is 0 Å². The highest BCUT2D eigenvalue weighted by Gasteiger charge is 2.40. The molecule has 0 spiro atoms. The van der Waals surface area contributed by atoms with Crippen molar-refractivity contribution >= 4 is 6.29 Å². The summed E-state index contributed by atoms with van der Waals surface area (Å²) in [4.78, 5) is 10.4. The number of carbonyl (C=O) groups is 1. The Hall–Kier alpha value is -1.52. The lowest BCUT2D eigenvalue weighted by Gasteiger charge is -2.14. The highest BCUT2D eigenvalue weighted by Crippen LogP contribution is 2.33. The molecule has 0 aliphatic heterocycles. The van der Waals surface area contributed by atoms with Crippen molar-refractivity contribution in [2.45, 2.75) is 12.1 Å². The summed E-state index contributed by atoms with van der Waals surface area (Å²) in [5.74, 6) is -1.62. The van der Waals surface area contributed by atoms with Gasteiger partial charge in [0.2, 0.25) is 0 Å². The maximum atomic E-state index is 12.3. The normalized spacial score (nSPS) is 13.3. The molecule has 1 aromatic carbocycles. The van der Waals surface area contributed by atoms with Crippen LogP contribution in [-0.2, 0) is 4.79 Å². The molecule has 0 radical (unpaired) electrons. The Balaban J connectivity index is 2.98. The Morgan fingerprint density at radius 2 is 1.80 bits per heavy atom. The second kappa shape index (κ2) is 4.33. The first-order valence-corrected chi connectivity index (χ1v) is 4.15. The van der Waals surface area contributed by atoms with E-state index in [9.17, 15) is 18.0 Å². The molecule has 0 bridgehead atoms. The Labute approximate surface area is 84.7 Å². The molecule has 0 heterocycles. The van der Waals surface area contributed by atoms with Crippen molar-refractivity contribution in [3.05, 3.63) is 29.8 Å². The number of benzene rings is 1. The number of aldehydes is 1. The largest absolute Gasteiger partial charge is 0.497 e. The molecule has 2 nitrogen and oxygen atoms in total. The first kappa shape index (κ1) is 11.6. The van der Waals surface area contributed by atoms with Crippen LogP contribution in [0.3, 0.4) is 0 Å². The highest BCUT2D eigenvalue weighted by atomic mass is 19.4. The molecule has 0 fully saturated rings. The molecular formula is C10H9F3O2. The fourth-order valence-corrected chi connectivity index (χ4v) is 1.16. The highest BCUT2D eigenvalue weighted by molar-refractivity contribution is 5.63. The van der Waals surface area contributed by atoms with Gasteiger partial charge in [0.05, 0.1) is 7.11 Å². The zero-order valence-electron chi connectivity index (χ0n) is 7.91. The van der Waals surface area contributed by atoms with Crippen LogP contribution in [0.15, 0.2) is 24.3 Å². The van der Waals surface area contributed by atoms with E-state index in [-0.39, 0.29) is 11.8 Å². The number of alkyl halides is 3. The van der Waals surface area contributed by atoms with Gasteiger partial charge in [0.25, 0.3) is 0 Å². The van der Waals surface area contributed by atoms with E-state index in [1.807, 2.05) is 0 Å². The monoisotopic (exact) mass is 218 g/mol. The van der Waals surface area contributed by atoms with E-state index in [2.05, 4.69) is 0 Å². The van der Waals surface area contributed by atoms with E-state index in [0.717, 1.165) is 0 Å². The van der Waals surface area contributed by atoms with Crippen LogP contribution in [-0.4, -0.2) is 19.6 Å². The van der Waals surface area contributed by atoms with Crippen molar-refractivity contribution in [2.75, 3.05) is 7.11 Å². The van der Waals surface area contributed by atoms with Crippen molar-refractivity contribution in [1.29, 1.82) is 0 Å². The molecule has 0 saturated heterocycles. The number of hydrogen-bond donors (Lipinski definition) is 0. The molecule has 0 unspecified atom stereocenters. The maximum absolute atomic E-state index is 12.3. The van der Waals surface area contributed by atoms with Gasteiger partial charge in [-0.25, -0.2) is 0 Å². The molecule has 15 heavy (non-hydrogen) atoms. The van der Waals surface area contributed by atoms with E-state index in [1.165, 1.54) is 31.4 Å². The number of halogens is 3. The SMILES string of the molecule is COc1ccc([C@@H](C=O)C(F)(F)F)cc1. The fourth-order valence-electron chi connectivity index (χ4n) is 1.16.